The van der Waals surface area contributed by atoms with E-state index in [1.165, 1.54) is 0 Å². The van der Waals surface area contributed by atoms with E-state index in [4.69, 9.17) is 10.2 Å². The van der Waals surface area contributed by atoms with Crippen LogP contribution in [0.25, 0.3) is 11.0 Å². The number of fused-ring (bicyclic) bond motifs is 1. The lowest BCUT2D eigenvalue weighted by Crippen LogP contribution is -2.32. The molecule has 1 aromatic heterocycles. The van der Waals surface area contributed by atoms with Crippen molar-refractivity contribution in [3.05, 3.63) is 42.5 Å². The normalized spacial score (nSPS) is 16.0. The quantitative estimate of drug-likeness (QED) is 0.866. The second-order valence-electron chi connectivity index (χ2n) is 5.07. The fourth-order valence-electron chi connectivity index (χ4n) is 2.31. The zero-order valence-corrected chi connectivity index (χ0v) is 10.9. The number of furan rings is 1. The van der Waals surface area contributed by atoms with Gasteiger partial charge in [0.1, 0.15) is 5.58 Å². The Morgan fingerprint density at radius 1 is 1.35 bits per heavy atom. The van der Waals surface area contributed by atoms with Gasteiger partial charge in [0.2, 0.25) is 5.91 Å². The van der Waals surface area contributed by atoms with Crippen LogP contribution in [0.1, 0.15) is 23.2 Å². The van der Waals surface area contributed by atoms with E-state index in [0.717, 1.165) is 18.2 Å². The number of nitrogens with two attached hydrogens (primary N) is 1. The van der Waals surface area contributed by atoms with Crippen LogP contribution in [-0.2, 0) is 4.79 Å². The van der Waals surface area contributed by atoms with E-state index < -0.39 is 5.41 Å². The van der Waals surface area contributed by atoms with Gasteiger partial charge in [0.25, 0.3) is 5.91 Å². The summed E-state index contributed by atoms with van der Waals surface area (Å²) in [5.41, 5.74) is 6.06. The molecule has 0 spiro atoms. The number of hydrogen-bond acceptors (Lipinski definition) is 3. The van der Waals surface area contributed by atoms with Crippen molar-refractivity contribution in [3.8, 4) is 0 Å². The van der Waals surface area contributed by atoms with Gasteiger partial charge in [-0.1, -0.05) is 6.07 Å². The minimum atomic E-state index is -0.505. The molecule has 2 aromatic rings. The van der Waals surface area contributed by atoms with Gasteiger partial charge in [-0.2, -0.15) is 0 Å². The monoisotopic (exact) mass is 271 g/mol. The van der Waals surface area contributed by atoms with Gasteiger partial charge < -0.3 is 15.5 Å². The van der Waals surface area contributed by atoms with Crippen molar-refractivity contribution >= 4 is 22.8 Å². The maximum atomic E-state index is 12.1. The van der Waals surface area contributed by atoms with Gasteiger partial charge in [0, 0.05) is 11.9 Å². The van der Waals surface area contributed by atoms with Gasteiger partial charge in [-0.25, -0.2) is 0 Å². The summed E-state index contributed by atoms with van der Waals surface area (Å²) in [5, 5.41) is 3.57. The number of carbonyl (C=O) groups excluding carboxylic acids is 2. The summed E-state index contributed by atoms with van der Waals surface area (Å²) in [4.78, 5) is 23.4. The standard InChI is InChI=1S/C15H15N2O3/c16-14(19)15(5-6-15)7-8-17-13(18)11-2-1-3-12-10(11)4-9-20-12/h1-4,7,9H,5-6,8H2,(H2,16,19)(H,17,18). The topological polar surface area (TPSA) is 85.3 Å². The van der Waals surface area contributed by atoms with Crippen LogP contribution < -0.4 is 11.1 Å². The first-order chi connectivity index (χ1) is 9.62. The maximum Gasteiger partial charge on any atom is 0.252 e. The first kappa shape index (κ1) is 12.7. The number of carbonyl (C=O) groups is 2. The Hall–Kier alpha value is -2.30. The minimum Gasteiger partial charge on any atom is -0.464 e. The van der Waals surface area contributed by atoms with E-state index in [-0.39, 0.29) is 11.8 Å². The molecule has 1 heterocycles. The molecule has 1 aliphatic rings. The predicted octanol–water partition coefficient (Wildman–Crippen LogP) is 1.63. The smallest absolute Gasteiger partial charge is 0.252 e. The second kappa shape index (κ2) is 4.67. The van der Waals surface area contributed by atoms with Crippen molar-refractivity contribution in [3.63, 3.8) is 0 Å². The van der Waals surface area contributed by atoms with E-state index in [0.29, 0.717) is 17.7 Å². The van der Waals surface area contributed by atoms with Crippen LogP contribution in [-0.4, -0.2) is 18.4 Å². The number of benzene rings is 1. The Morgan fingerprint density at radius 3 is 2.85 bits per heavy atom. The van der Waals surface area contributed by atoms with E-state index in [2.05, 4.69) is 5.32 Å². The molecule has 1 saturated carbocycles. The molecule has 0 unspecified atom stereocenters. The SMILES string of the molecule is NC(=O)C1([CH]CNC(=O)c2cccc3occc23)CC1. The van der Waals surface area contributed by atoms with Crippen LogP contribution in [0.3, 0.4) is 0 Å². The molecular weight excluding hydrogens is 256 g/mol. The van der Waals surface area contributed by atoms with Gasteiger partial charge in [-0.3, -0.25) is 9.59 Å². The van der Waals surface area contributed by atoms with Crippen LogP contribution >= 0.6 is 0 Å². The largest absolute Gasteiger partial charge is 0.464 e. The molecule has 0 aliphatic heterocycles. The number of primary amides is 1. The summed E-state index contributed by atoms with van der Waals surface area (Å²) in [6.07, 6.45) is 4.90. The van der Waals surface area contributed by atoms with E-state index in [9.17, 15) is 9.59 Å². The summed E-state index contributed by atoms with van der Waals surface area (Å²) < 4.78 is 5.26. The Bertz CT molecular complexity index is 671. The number of rotatable bonds is 5. The highest BCUT2D eigenvalue weighted by Gasteiger charge is 2.48. The lowest BCUT2D eigenvalue weighted by molar-refractivity contribution is -0.122. The molecule has 20 heavy (non-hydrogen) atoms. The molecule has 0 atom stereocenters. The summed E-state index contributed by atoms with van der Waals surface area (Å²) in [7, 11) is 0. The molecule has 1 radical (unpaired) electrons. The first-order valence-corrected chi connectivity index (χ1v) is 6.51. The summed E-state index contributed by atoms with van der Waals surface area (Å²) >= 11 is 0. The third kappa shape index (κ3) is 2.15. The van der Waals surface area contributed by atoms with Gasteiger partial charge in [0.05, 0.1) is 17.2 Å². The Morgan fingerprint density at radius 2 is 2.15 bits per heavy atom. The van der Waals surface area contributed by atoms with Gasteiger partial charge in [-0.05, 0) is 37.5 Å². The molecule has 2 amide bonds. The third-order valence-corrected chi connectivity index (χ3v) is 3.78. The summed E-state index contributed by atoms with van der Waals surface area (Å²) in [6.45, 7) is 0.329. The van der Waals surface area contributed by atoms with E-state index >= 15 is 0 Å². The van der Waals surface area contributed by atoms with E-state index in [1.54, 1.807) is 30.9 Å². The average molecular weight is 271 g/mol. The zero-order chi connectivity index (χ0) is 14.2. The predicted molar refractivity (Wildman–Crippen MR) is 73.7 cm³/mol. The molecule has 0 saturated heterocycles. The lowest BCUT2D eigenvalue weighted by atomic mass is 10.0. The number of amides is 2. The Kier molecular flexibility index (Phi) is 2.97. The highest BCUT2D eigenvalue weighted by atomic mass is 16.3. The molecule has 5 heteroatoms. The Labute approximate surface area is 116 Å². The third-order valence-electron chi connectivity index (χ3n) is 3.78. The molecule has 1 fully saturated rings. The van der Waals surface area contributed by atoms with Crippen LogP contribution in [0.4, 0.5) is 0 Å². The van der Waals surface area contributed by atoms with Crippen molar-refractivity contribution in [1.29, 1.82) is 0 Å². The molecule has 1 aromatic carbocycles. The first-order valence-electron chi connectivity index (χ1n) is 6.51. The average Bonchev–Trinajstić information content (AvgIpc) is 3.07. The van der Waals surface area contributed by atoms with Crippen molar-refractivity contribution in [2.75, 3.05) is 6.54 Å². The fourth-order valence-corrected chi connectivity index (χ4v) is 2.31. The number of nitrogens with one attached hydrogen (secondary N) is 1. The fraction of sp³-hybridized carbons (Fsp3) is 0.267. The van der Waals surface area contributed by atoms with Crippen molar-refractivity contribution in [2.24, 2.45) is 11.1 Å². The Balaban J connectivity index is 1.65. The highest BCUT2D eigenvalue weighted by Crippen LogP contribution is 2.47. The van der Waals surface area contributed by atoms with Gasteiger partial charge in [0.15, 0.2) is 0 Å². The maximum absolute atomic E-state index is 12.1. The zero-order valence-electron chi connectivity index (χ0n) is 10.9. The molecule has 5 nitrogen and oxygen atoms in total. The number of hydrogen-bond donors (Lipinski definition) is 2. The van der Waals surface area contributed by atoms with E-state index in [1.807, 2.05) is 6.07 Å². The molecule has 3 N–H and O–H groups in total. The summed E-state index contributed by atoms with van der Waals surface area (Å²) in [5.74, 6) is -0.503. The second-order valence-corrected chi connectivity index (χ2v) is 5.07. The molecule has 103 valence electrons. The van der Waals surface area contributed by atoms with Gasteiger partial charge >= 0.3 is 0 Å². The highest BCUT2D eigenvalue weighted by molar-refractivity contribution is 6.05. The van der Waals surface area contributed by atoms with Crippen molar-refractivity contribution < 1.29 is 14.0 Å². The lowest BCUT2D eigenvalue weighted by Gasteiger charge is -2.11. The molecular formula is C15H15N2O3. The van der Waals surface area contributed by atoms with Crippen LogP contribution in [0, 0.1) is 11.8 Å². The molecule has 0 bridgehead atoms. The minimum absolute atomic E-state index is 0.187. The van der Waals surface area contributed by atoms with Crippen molar-refractivity contribution in [1.82, 2.24) is 5.32 Å². The van der Waals surface area contributed by atoms with Crippen molar-refractivity contribution in [2.45, 2.75) is 12.8 Å². The van der Waals surface area contributed by atoms with Crippen LogP contribution in [0.15, 0.2) is 34.9 Å². The molecule has 3 rings (SSSR count). The van der Waals surface area contributed by atoms with Gasteiger partial charge in [-0.15, -0.1) is 0 Å². The van der Waals surface area contributed by atoms with Crippen LogP contribution in [0.5, 0.6) is 0 Å². The van der Waals surface area contributed by atoms with Crippen LogP contribution in [0.2, 0.25) is 0 Å². The molecule has 1 aliphatic carbocycles. The summed E-state index contributed by atoms with van der Waals surface area (Å²) in [6, 6.07) is 7.09.